The van der Waals surface area contributed by atoms with Crippen molar-refractivity contribution in [3.8, 4) is 0 Å². The number of rotatable bonds is 7. The van der Waals surface area contributed by atoms with Crippen LogP contribution in [0.25, 0.3) is 0 Å². The third-order valence-electron chi connectivity index (χ3n) is 3.96. The van der Waals surface area contributed by atoms with E-state index in [0.717, 1.165) is 5.56 Å². The van der Waals surface area contributed by atoms with Crippen LogP contribution in [0.3, 0.4) is 0 Å². The quantitative estimate of drug-likeness (QED) is 0.706. The van der Waals surface area contributed by atoms with E-state index in [1.165, 1.54) is 12.1 Å². The highest BCUT2D eigenvalue weighted by atomic mass is 32.2. The lowest BCUT2D eigenvalue weighted by atomic mass is 10.1. The highest BCUT2D eigenvalue weighted by Crippen LogP contribution is 2.22. The SMILES string of the molecule is COCCCN(Cc1ccc(F)cc1)C(=O)[C@@H]1CCS(=O)(=O)C1. The number of hydrogen-bond donors (Lipinski definition) is 0. The number of halogens is 1. The van der Waals surface area contributed by atoms with Crippen LogP contribution in [0, 0.1) is 11.7 Å². The molecule has 1 aliphatic rings. The first-order chi connectivity index (χ1) is 10.9. The molecule has 0 unspecified atom stereocenters. The molecule has 1 fully saturated rings. The molecule has 1 aromatic carbocycles. The first kappa shape index (κ1) is 17.9. The van der Waals surface area contributed by atoms with Crippen molar-refractivity contribution in [2.24, 2.45) is 5.92 Å². The molecular formula is C16H22FNO4S. The van der Waals surface area contributed by atoms with Gasteiger partial charge in [0.25, 0.3) is 0 Å². The smallest absolute Gasteiger partial charge is 0.227 e. The van der Waals surface area contributed by atoms with Gasteiger partial charge < -0.3 is 9.64 Å². The van der Waals surface area contributed by atoms with Gasteiger partial charge in [-0.1, -0.05) is 12.1 Å². The molecule has 5 nitrogen and oxygen atoms in total. The minimum absolute atomic E-state index is 0.0734. The normalized spacial score (nSPS) is 19.7. The first-order valence-corrected chi connectivity index (χ1v) is 9.46. The molecule has 1 aromatic rings. The molecule has 1 aliphatic heterocycles. The first-order valence-electron chi connectivity index (χ1n) is 7.64. The maximum Gasteiger partial charge on any atom is 0.227 e. The Balaban J connectivity index is 2.06. The molecule has 1 heterocycles. The van der Waals surface area contributed by atoms with Crippen LogP contribution in [-0.2, 0) is 25.9 Å². The average Bonchev–Trinajstić information content (AvgIpc) is 2.88. The second kappa shape index (κ2) is 7.88. The molecule has 1 atom stereocenters. The van der Waals surface area contributed by atoms with E-state index in [-0.39, 0.29) is 23.2 Å². The van der Waals surface area contributed by atoms with Gasteiger partial charge in [0.1, 0.15) is 5.82 Å². The Labute approximate surface area is 136 Å². The zero-order valence-corrected chi connectivity index (χ0v) is 14.0. The van der Waals surface area contributed by atoms with Gasteiger partial charge in [-0.15, -0.1) is 0 Å². The van der Waals surface area contributed by atoms with E-state index in [2.05, 4.69) is 0 Å². The van der Waals surface area contributed by atoms with Crippen molar-refractivity contribution >= 4 is 15.7 Å². The van der Waals surface area contributed by atoms with Crippen LogP contribution in [0.4, 0.5) is 4.39 Å². The van der Waals surface area contributed by atoms with Crippen molar-refractivity contribution < 1.29 is 22.3 Å². The van der Waals surface area contributed by atoms with E-state index in [0.29, 0.717) is 32.5 Å². The van der Waals surface area contributed by atoms with Gasteiger partial charge >= 0.3 is 0 Å². The lowest BCUT2D eigenvalue weighted by Gasteiger charge is -2.25. The molecular weight excluding hydrogens is 321 g/mol. The summed E-state index contributed by atoms with van der Waals surface area (Å²) in [5.41, 5.74) is 0.818. The molecule has 128 valence electrons. The standard InChI is InChI=1S/C16H22FNO4S/c1-22-9-2-8-18(11-13-3-5-15(17)6-4-13)16(19)14-7-10-23(20,21)12-14/h3-6,14H,2,7-12H2,1H3/t14-/m1/s1. The van der Waals surface area contributed by atoms with E-state index >= 15 is 0 Å². The predicted molar refractivity (Wildman–Crippen MR) is 85.1 cm³/mol. The number of benzene rings is 1. The van der Waals surface area contributed by atoms with Crippen molar-refractivity contribution in [1.82, 2.24) is 4.90 Å². The van der Waals surface area contributed by atoms with Gasteiger partial charge in [0.15, 0.2) is 9.84 Å². The lowest BCUT2D eigenvalue weighted by Crippen LogP contribution is -2.37. The van der Waals surface area contributed by atoms with E-state index < -0.39 is 15.8 Å². The largest absolute Gasteiger partial charge is 0.385 e. The van der Waals surface area contributed by atoms with Gasteiger partial charge in [-0.25, -0.2) is 12.8 Å². The molecule has 1 amide bonds. The molecule has 0 bridgehead atoms. The second-order valence-corrected chi connectivity index (χ2v) is 8.06. The van der Waals surface area contributed by atoms with Gasteiger partial charge in [0.2, 0.25) is 5.91 Å². The molecule has 0 aliphatic carbocycles. The number of carbonyl (C=O) groups excluding carboxylic acids is 1. The number of hydrogen-bond acceptors (Lipinski definition) is 4. The van der Waals surface area contributed by atoms with Crippen LogP contribution in [0.1, 0.15) is 18.4 Å². The Kier molecular flexibility index (Phi) is 6.12. The molecule has 23 heavy (non-hydrogen) atoms. The Morgan fingerprint density at radius 3 is 2.61 bits per heavy atom. The fraction of sp³-hybridized carbons (Fsp3) is 0.562. The lowest BCUT2D eigenvalue weighted by molar-refractivity contribution is -0.135. The monoisotopic (exact) mass is 343 g/mol. The topological polar surface area (TPSA) is 63.7 Å². The van der Waals surface area contributed by atoms with Crippen molar-refractivity contribution in [2.45, 2.75) is 19.4 Å². The summed E-state index contributed by atoms with van der Waals surface area (Å²) < 4.78 is 41.2. The number of carbonyl (C=O) groups is 1. The second-order valence-electron chi connectivity index (χ2n) is 5.83. The van der Waals surface area contributed by atoms with Gasteiger partial charge in [0.05, 0.1) is 17.4 Å². The third-order valence-corrected chi connectivity index (χ3v) is 5.72. The van der Waals surface area contributed by atoms with Crippen molar-refractivity contribution in [3.63, 3.8) is 0 Å². The van der Waals surface area contributed by atoms with Crippen molar-refractivity contribution in [1.29, 1.82) is 0 Å². The minimum Gasteiger partial charge on any atom is -0.385 e. The minimum atomic E-state index is -3.10. The molecule has 2 rings (SSSR count). The van der Waals surface area contributed by atoms with Crippen LogP contribution in [0.15, 0.2) is 24.3 Å². The summed E-state index contributed by atoms with van der Waals surface area (Å²) >= 11 is 0. The van der Waals surface area contributed by atoms with Gasteiger partial charge in [-0.2, -0.15) is 0 Å². The van der Waals surface area contributed by atoms with Gasteiger partial charge in [0, 0.05) is 26.8 Å². The summed E-state index contributed by atoms with van der Waals surface area (Å²) in [4.78, 5) is 14.3. The van der Waals surface area contributed by atoms with Crippen LogP contribution in [-0.4, -0.2) is 51.0 Å². The Hall–Kier alpha value is -1.47. The Bertz CT molecular complexity index is 630. The molecule has 0 N–H and O–H groups in total. The third kappa shape index (κ3) is 5.28. The van der Waals surface area contributed by atoms with E-state index in [4.69, 9.17) is 4.74 Å². The molecule has 0 radical (unpaired) electrons. The summed E-state index contributed by atoms with van der Waals surface area (Å²) in [6, 6.07) is 5.98. The van der Waals surface area contributed by atoms with Gasteiger partial charge in [-0.3, -0.25) is 4.79 Å². The summed E-state index contributed by atoms with van der Waals surface area (Å²) in [6.45, 7) is 1.36. The molecule has 0 spiro atoms. The van der Waals surface area contributed by atoms with Crippen LogP contribution in [0.5, 0.6) is 0 Å². The van der Waals surface area contributed by atoms with Crippen LogP contribution < -0.4 is 0 Å². The number of amides is 1. The molecule has 0 saturated carbocycles. The van der Waals surface area contributed by atoms with Gasteiger partial charge in [-0.05, 0) is 30.5 Å². The highest BCUT2D eigenvalue weighted by Gasteiger charge is 2.35. The number of ether oxygens (including phenoxy) is 1. The summed E-state index contributed by atoms with van der Waals surface area (Å²) in [7, 11) is -1.51. The van der Waals surface area contributed by atoms with E-state index in [9.17, 15) is 17.6 Å². The Morgan fingerprint density at radius 2 is 2.04 bits per heavy atom. The number of nitrogens with zero attached hydrogens (tertiary/aromatic N) is 1. The zero-order chi connectivity index (χ0) is 16.9. The number of sulfone groups is 1. The molecule has 1 saturated heterocycles. The summed E-state index contributed by atoms with van der Waals surface area (Å²) in [5.74, 6) is -0.940. The summed E-state index contributed by atoms with van der Waals surface area (Å²) in [5, 5.41) is 0. The predicted octanol–water partition coefficient (Wildman–Crippen LogP) is 1.63. The van der Waals surface area contributed by atoms with Crippen molar-refractivity contribution in [2.75, 3.05) is 31.8 Å². The number of methoxy groups -OCH3 is 1. The molecule has 7 heteroatoms. The maximum atomic E-state index is 13.0. The zero-order valence-electron chi connectivity index (χ0n) is 13.2. The van der Waals surface area contributed by atoms with E-state index in [1.54, 1.807) is 24.1 Å². The highest BCUT2D eigenvalue weighted by molar-refractivity contribution is 7.91. The van der Waals surface area contributed by atoms with Crippen LogP contribution >= 0.6 is 0 Å². The van der Waals surface area contributed by atoms with Crippen molar-refractivity contribution in [3.05, 3.63) is 35.6 Å². The van der Waals surface area contributed by atoms with E-state index in [1.807, 2.05) is 0 Å². The molecule has 0 aromatic heterocycles. The maximum absolute atomic E-state index is 13.0. The van der Waals surface area contributed by atoms with Crippen LogP contribution in [0.2, 0.25) is 0 Å². The average molecular weight is 343 g/mol. The Morgan fingerprint density at radius 1 is 1.35 bits per heavy atom. The summed E-state index contributed by atoms with van der Waals surface area (Å²) in [6.07, 6.45) is 1.05. The fourth-order valence-electron chi connectivity index (χ4n) is 2.73. The fourth-order valence-corrected chi connectivity index (χ4v) is 4.46.